The number of rotatable bonds is 11. The maximum Gasteiger partial charge on any atom is 0.287 e. The average Bonchev–Trinajstić information content (AvgIpc) is 3.68. The molecule has 2 N–H and O–H groups in total. The maximum absolute atomic E-state index is 13.8. The predicted octanol–water partition coefficient (Wildman–Crippen LogP) is 3.10. The Morgan fingerprint density at radius 2 is 1.79 bits per heavy atom. The molecule has 10 nitrogen and oxygen atoms in total. The fourth-order valence-corrected chi connectivity index (χ4v) is 4.32. The van der Waals surface area contributed by atoms with Crippen LogP contribution in [-0.2, 0) is 14.3 Å². The number of anilines is 1. The van der Waals surface area contributed by atoms with Gasteiger partial charge in [-0.3, -0.25) is 19.3 Å². The van der Waals surface area contributed by atoms with E-state index in [1.54, 1.807) is 48.5 Å². The van der Waals surface area contributed by atoms with E-state index in [2.05, 4.69) is 10.6 Å². The van der Waals surface area contributed by atoms with Crippen molar-refractivity contribution in [3.8, 4) is 11.5 Å². The highest BCUT2D eigenvalue weighted by Gasteiger charge is 2.34. The Balaban J connectivity index is 1.69. The lowest BCUT2D eigenvalue weighted by Gasteiger charge is -2.32. The predicted molar refractivity (Wildman–Crippen MR) is 139 cm³/mol. The molecule has 3 amide bonds. The molecule has 2 heterocycles. The van der Waals surface area contributed by atoms with Gasteiger partial charge in [-0.25, -0.2) is 0 Å². The third kappa shape index (κ3) is 6.33. The third-order valence-corrected chi connectivity index (χ3v) is 6.21. The molecule has 38 heavy (non-hydrogen) atoms. The number of carbonyl (C=O) groups is 3. The van der Waals surface area contributed by atoms with Crippen molar-refractivity contribution in [3.63, 3.8) is 0 Å². The summed E-state index contributed by atoms with van der Waals surface area (Å²) in [5.74, 6) is -0.521. The van der Waals surface area contributed by atoms with Crippen molar-refractivity contribution in [2.45, 2.75) is 25.0 Å². The number of ether oxygens (including phenoxy) is 3. The summed E-state index contributed by atoms with van der Waals surface area (Å²) >= 11 is 0. The third-order valence-electron chi connectivity index (χ3n) is 6.21. The molecule has 0 aliphatic carbocycles. The monoisotopic (exact) mass is 521 g/mol. The van der Waals surface area contributed by atoms with Crippen LogP contribution in [-0.4, -0.2) is 57.7 Å². The zero-order valence-corrected chi connectivity index (χ0v) is 21.3. The Hall–Kier alpha value is -4.31. The van der Waals surface area contributed by atoms with Crippen molar-refractivity contribution in [2.75, 3.05) is 38.8 Å². The molecule has 4 rings (SSSR count). The van der Waals surface area contributed by atoms with Gasteiger partial charge in [-0.15, -0.1) is 0 Å². The molecule has 1 aromatic heterocycles. The van der Waals surface area contributed by atoms with Crippen LogP contribution < -0.4 is 25.0 Å². The molecular formula is C28H31N3O7. The van der Waals surface area contributed by atoms with Gasteiger partial charge in [0.2, 0.25) is 11.8 Å². The van der Waals surface area contributed by atoms with Crippen LogP contribution in [0.1, 0.15) is 35.0 Å². The van der Waals surface area contributed by atoms with E-state index >= 15 is 0 Å². The van der Waals surface area contributed by atoms with Gasteiger partial charge in [0, 0.05) is 24.9 Å². The molecule has 0 unspecified atom stereocenters. The lowest BCUT2D eigenvalue weighted by molar-refractivity contribution is -0.126. The van der Waals surface area contributed by atoms with Gasteiger partial charge in [0.15, 0.2) is 17.3 Å². The molecule has 0 saturated carbocycles. The Bertz CT molecular complexity index is 1220. The van der Waals surface area contributed by atoms with Gasteiger partial charge < -0.3 is 29.3 Å². The number of nitrogens with one attached hydrogen (secondary N) is 2. The number of carbonyl (C=O) groups excluding carboxylic acids is 3. The van der Waals surface area contributed by atoms with E-state index in [0.717, 1.165) is 12.8 Å². The first kappa shape index (κ1) is 26.7. The standard InChI is InChI=1S/C28H31N3O7/c1-35-22-13-12-20(16-24(22)36-2)31(25(32)18-30-27(33)23-11-7-15-38-23)26(19-8-4-3-5-9-19)28(34)29-17-21-10-6-14-37-21/h3-5,7-9,11-13,15-16,21,26H,6,10,14,17-18H2,1-2H3,(H,29,34)(H,30,33)/t21-,26+/m1/s1. The topological polar surface area (TPSA) is 119 Å². The second-order valence-electron chi connectivity index (χ2n) is 8.66. The average molecular weight is 522 g/mol. The van der Waals surface area contributed by atoms with E-state index in [9.17, 15) is 14.4 Å². The van der Waals surface area contributed by atoms with E-state index in [1.807, 2.05) is 6.07 Å². The molecule has 1 aliphatic heterocycles. The molecule has 0 spiro atoms. The van der Waals surface area contributed by atoms with Crippen LogP contribution >= 0.6 is 0 Å². The largest absolute Gasteiger partial charge is 0.493 e. The number of nitrogens with zero attached hydrogens (tertiary/aromatic N) is 1. The molecule has 0 bridgehead atoms. The second-order valence-corrected chi connectivity index (χ2v) is 8.66. The van der Waals surface area contributed by atoms with E-state index in [4.69, 9.17) is 18.6 Å². The molecule has 2 aromatic carbocycles. The minimum Gasteiger partial charge on any atom is -0.493 e. The van der Waals surface area contributed by atoms with Crippen molar-refractivity contribution in [1.82, 2.24) is 10.6 Å². The highest BCUT2D eigenvalue weighted by molar-refractivity contribution is 6.04. The molecule has 1 saturated heterocycles. The SMILES string of the molecule is COc1ccc(N(C(=O)CNC(=O)c2ccco2)[C@H](C(=O)NC[C@H]2CCCO2)c2ccccc2)cc1OC. The molecule has 2 atom stereocenters. The molecule has 10 heteroatoms. The number of hydrogen-bond acceptors (Lipinski definition) is 7. The van der Waals surface area contributed by atoms with Crippen LogP contribution in [0.15, 0.2) is 71.3 Å². The lowest BCUT2D eigenvalue weighted by atomic mass is 10.0. The summed E-state index contributed by atoms with van der Waals surface area (Å²) in [6.45, 7) is 0.607. The zero-order valence-electron chi connectivity index (χ0n) is 21.3. The van der Waals surface area contributed by atoms with E-state index in [1.165, 1.54) is 31.4 Å². The van der Waals surface area contributed by atoms with Crippen LogP contribution in [0.3, 0.4) is 0 Å². The number of hydrogen-bond donors (Lipinski definition) is 2. The summed E-state index contributed by atoms with van der Waals surface area (Å²) in [6.07, 6.45) is 3.09. The van der Waals surface area contributed by atoms with Crippen LogP contribution in [0.25, 0.3) is 0 Å². The summed E-state index contributed by atoms with van der Waals surface area (Å²) in [4.78, 5) is 41.3. The quantitative estimate of drug-likeness (QED) is 0.398. The van der Waals surface area contributed by atoms with Crippen LogP contribution in [0, 0.1) is 0 Å². The molecule has 200 valence electrons. The first-order chi connectivity index (χ1) is 18.5. The summed E-state index contributed by atoms with van der Waals surface area (Å²) in [7, 11) is 3.00. The van der Waals surface area contributed by atoms with Crippen molar-refractivity contribution in [1.29, 1.82) is 0 Å². The van der Waals surface area contributed by atoms with E-state index < -0.39 is 17.9 Å². The van der Waals surface area contributed by atoms with Crippen molar-refractivity contribution < 1.29 is 33.0 Å². The van der Waals surface area contributed by atoms with Crippen LogP contribution in [0.2, 0.25) is 0 Å². The summed E-state index contributed by atoms with van der Waals surface area (Å²) in [5, 5.41) is 5.53. The smallest absolute Gasteiger partial charge is 0.287 e. The Kier molecular flexibility index (Phi) is 8.99. The number of furan rings is 1. The number of methoxy groups -OCH3 is 2. The van der Waals surface area contributed by atoms with Gasteiger partial charge in [-0.1, -0.05) is 30.3 Å². The highest BCUT2D eigenvalue weighted by atomic mass is 16.5. The molecule has 1 aliphatic rings. The number of amides is 3. The molecular weight excluding hydrogens is 490 g/mol. The minimum atomic E-state index is -1.04. The fraction of sp³-hybridized carbons (Fsp3) is 0.321. The first-order valence-electron chi connectivity index (χ1n) is 12.3. The van der Waals surface area contributed by atoms with Gasteiger partial charge in [-0.05, 0) is 42.7 Å². The Morgan fingerprint density at radius 3 is 2.45 bits per heavy atom. The summed E-state index contributed by atoms with van der Waals surface area (Å²) in [6, 6.07) is 16.0. The normalized spacial score (nSPS) is 15.4. The molecule has 3 aromatic rings. The van der Waals surface area contributed by atoms with Crippen LogP contribution in [0.4, 0.5) is 5.69 Å². The van der Waals surface area contributed by atoms with Gasteiger partial charge >= 0.3 is 0 Å². The highest BCUT2D eigenvalue weighted by Crippen LogP contribution is 2.35. The minimum absolute atomic E-state index is 0.0735. The van der Waals surface area contributed by atoms with E-state index in [0.29, 0.717) is 35.9 Å². The molecule has 0 radical (unpaired) electrons. The summed E-state index contributed by atoms with van der Waals surface area (Å²) < 4.78 is 21.6. The van der Waals surface area contributed by atoms with Crippen molar-refractivity contribution in [2.24, 2.45) is 0 Å². The van der Waals surface area contributed by atoms with Crippen molar-refractivity contribution >= 4 is 23.4 Å². The van der Waals surface area contributed by atoms with Gasteiger partial charge in [0.25, 0.3) is 5.91 Å². The van der Waals surface area contributed by atoms with Crippen molar-refractivity contribution in [3.05, 3.63) is 78.3 Å². The number of benzene rings is 2. The Labute approximate surface area is 220 Å². The van der Waals surface area contributed by atoms with Gasteiger partial charge in [0.1, 0.15) is 6.04 Å². The zero-order chi connectivity index (χ0) is 26.9. The lowest BCUT2D eigenvalue weighted by Crippen LogP contribution is -2.48. The fourth-order valence-electron chi connectivity index (χ4n) is 4.32. The van der Waals surface area contributed by atoms with Gasteiger partial charge in [-0.2, -0.15) is 0 Å². The molecule has 1 fully saturated rings. The van der Waals surface area contributed by atoms with Gasteiger partial charge in [0.05, 0.1) is 33.1 Å². The van der Waals surface area contributed by atoms with E-state index in [-0.39, 0.29) is 24.3 Å². The first-order valence-corrected chi connectivity index (χ1v) is 12.3. The summed E-state index contributed by atoms with van der Waals surface area (Å²) in [5.41, 5.74) is 0.985. The second kappa shape index (κ2) is 12.8. The maximum atomic E-state index is 13.8. The van der Waals surface area contributed by atoms with Crippen LogP contribution in [0.5, 0.6) is 11.5 Å². The Morgan fingerprint density at radius 1 is 1.00 bits per heavy atom.